The second kappa shape index (κ2) is 9.34. The maximum absolute atomic E-state index is 13.3. The monoisotopic (exact) mass is 545 g/mol. The van der Waals surface area contributed by atoms with Gasteiger partial charge in [0, 0.05) is 13.1 Å². The van der Waals surface area contributed by atoms with E-state index in [4.69, 9.17) is 4.52 Å². The molecule has 5 heterocycles. The first-order valence-corrected chi connectivity index (χ1v) is 11.2. The van der Waals surface area contributed by atoms with Gasteiger partial charge < -0.3 is 18.9 Å². The zero-order valence-corrected chi connectivity index (χ0v) is 20.4. The van der Waals surface area contributed by atoms with Crippen molar-refractivity contribution in [3.63, 3.8) is 0 Å². The summed E-state index contributed by atoms with van der Waals surface area (Å²) < 4.78 is 51.0. The van der Waals surface area contributed by atoms with Gasteiger partial charge in [-0.05, 0) is 26.0 Å². The van der Waals surface area contributed by atoms with Crippen LogP contribution in [0.1, 0.15) is 30.3 Å². The van der Waals surface area contributed by atoms with Crippen LogP contribution < -0.4 is 16.6 Å². The molecular formula is C22H18F3N9O5. The van der Waals surface area contributed by atoms with Gasteiger partial charge in [-0.25, -0.2) is 14.8 Å². The SMILES string of the molecule is Cc1cc(Cn2c(=O)c3c(ncn3[C@@H](C)C(=O)Nc3cccc(-c4noc(C(F)(F)F)n4)n3)n(C)c2=O)no1. The number of amides is 1. The molecule has 0 aliphatic heterocycles. The fourth-order valence-electron chi connectivity index (χ4n) is 3.81. The van der Waals surface area contributed by atoms with Crippen molar-refractivity contribution in [2.45, 2.75) is 32.6 Å². The van der Waals surface area contributed by atoms with Crippen molar-refractivity contribution in [2.75, 3.05) is 5.32 Å². The van der Waals surface area contributed by atoms with Crippen LogP contribution in [0.25, 0.3) is 22.7 Å². The lowest BCUT2D eigenvalue weighted by Gasteiger charge is -2.15. The molecule has 0 aromatic carbocycles. The molecule has 1 N–H and O–H groups in total. The number of alkyl halides is 3. The van der Waals surface area contributed by atoms with Crippen LogP contribution in [0.2, 0.25) is 0 Å². The summed E-state index contributed by atoms with van der Waals surface area (Å²) in [4.78, 5) is 50.7. The van der Waals surface area contributed by atoms with E-state index in [0.29, 0.717) is 11.5 Å². The molecule has 0 spiro atoms. The van der Waals surface area contributed by atoms with Gasteiger partial charge in [0.2, 0.25) is 11.7 Å². The number of hydrogen-bond donors (Lipinski definition) is 1. The van der Waals surface area contributed by atoms with Gasteiger partial charge in [0.15, 0.2) is 11.2 Å². The van der Waals surface area contributed by atoms with Gasteiger partial charge >= 0.3 is 17.8 Å². The van der Waals surface area contributed by atoms with Crippen LogP contribution in [0, 0.1) is 6.92 Å². The second-order valence-electron chi connectivity index (χ2n) is 8.48. The van der Waals surface area contributed by atoms with E-state index < -0.39 is 41.1 Å². The highest BCUT2D eigenvalue weighted by Gasteiger charge is 2.38. The summed E-state index contributed by atoms with van der Waals surface area (Å²) in [5.74, 6) is -2.10. The van der Waals surface area contributed by atoms with E-state index in [0.717, 1.165) is 4.57 Å². The molecule has 202 valence electrons. The number of halogens is 3. The molecule has 1 atom stereocenters. The summed E-state index contributed by atoms with van der Waals surface area (Å²) in [6, 6.07) is 4.74. The lowest BCUT2D eigenvalue weighted by molar-refractivity contribution is -0.159. The molecule has 5 aromatic heterocycles. The molecule has 0 aliphatic carbocycles. The van der Waals surface area contributed by atoms with Gasteiger partial charge in [0.25, 0.3) is 5.56 Å². The van der Waals surface area contributed by atoms with Crippen molar-refractivity contribution in [1.82, 2.24) is 39.0 Å². The molecule has 14 nitrogen and oxygen atoms in total. The van der Waals surface area contributed by atoms with E-state index in [1.807, 2.05) is 0 Å². The minimum Gasteiger partial charge on any atom is -0.361 e. The molecule has 1 amide bonds. The van der Waals surface area contributed by atoms with Crippen LogP contribution in [0.4, 0.5) is 19.0 Å². The number of aromatic nitrogens is 8. The average molecular weight is 545 g/mol. The van der Waals surface area contributed by atoms with Gasteiger partial charge in [0.1, 0.15) is 29.0 Å². The predicted octanol–water partition coefficient (Wildman–Crippen LogP) is 1.90. The summed E-state index contributed by atoms with van der Waals surface area (Å²) in [7, 11) is 1.44. The number of imidazole rings is 1. The quantitative estimate of drug-likeness (QED) is 0.333. The average Bonchev–Trinajstić information content (AvgIpc) is 3.64. The van der Waals surface area contributed by atoms with Gasteiger partial charge in [-0.2, -0.15) is 18.2 Å². The summed E-state index contributed by atoms with van der Waals surface area (Å²) in [5.41, 5.74) is -0.982. The summed E-state index contributed by atoms with van der Waals surface area (Å²) in [6.07, 6.45) is -3.57. The van der Waals surface area contributed by atoms with E-state index >= 15 is 0 Å². The molecule has 0 saturated heterocycles. The second-order valence-corrected chi connectivity index (χ2v) is 8.48. The number of hydrogen-bond acceptors (Lipinski definition) is 10. The first kappa shape index (κ1) is 25.6. The van der Waals surface area contributed by atoms with Gasteiger partial charge in [0.05, 0.1) is 12.9 Å². The number of rotatable bonds is 6. The molecule has 5 aromatic rings. The van der Waals surface area contributed by atoms with Crippen molar-refractivity contribution in [2.24, 2.45) is 7.05 Å². The fourth-order valence-corrected chi connectivity index (χ4v) is 3.81. The number of anilines is 1. The third-order valence-corrected chi connectivity index (χ3v) is 5.75. The highest BCUT2D eigenvalue weighted by atomic mass is 19.4. The minimum atomic E-state index is -4.82. The van der Waals surface area contributed by atoms with E-state index in [1.54, 1.807) is 13.0 Å². The van der Waals surface area contributed by atoms with E-state index in [9.17, 15) is 27.6 Å². The van der Waals surface area contributed by atoms with E-state index in [-0.39, 0.29) is 29.2 Å². The number of fused-ring (bicyclic) bond motifs is 1. The molecule has 0 radical (unpaired) electrons. The number of nitrogens with one attached hydrogen (secondary N) is 1. The van der Waals surface area contributed by atoms with Crippen molar-refractivity contribution >= 4 is 22.9 Å². The number of aryl methyl sites for hydroxylation is 2. The summed E-state index contributed by atoms with van der Waals surface area (Å²) in [5, 5.41) is 9.64. The fraction of sp³-hybridized carbons (Fsp3) is 0.273. The highest BCUT2D eigenvalue weighted by Crippen LogP contribution is 2.29. The first-order chi connectivity index (χ1) is 18.4. The maximum Gasteiger partial charge on any atom is 0.471 e. The van der Waals surface area contributed by atoms with E-state index in [1.165, 1.54) is 47.6 Å². The molecule has 0 fully saturated rings. The lowest BCUT2D eigenvalue weighted by atomic mass is 10.3. The zero-order chi connectivity index (χ0) is 28.1. The molecule has 0 saturated carbocycles. The maximum atomic E-state index is 13.3. The van der Waals surface area contributed by atoms with Crippen LogP contribution in [0.5, 0.6) is 0 Å². The Hall–Kier alpha value is -5.09. The smallest absolute Gasteiger partial charge is 0.361 e. The third kappa shape index (κ3) is 4.69. The van der Waals surface area contributed by atoms with Gasteiger partial charge in [-0.1, -0.05) is 16.4 Å². The Morgan fingerprint density at radius 2 is 1.92 bits per heavy atom. The number of carbonyl (C=O) groups excluding carboxylic acids is 1. The predicted molar refractivity (Wildman–Crippen MR) is 125 cm³/mol. The Balaban J connectivity index is 1.44. The summed E-state index contributed by atoms with van der Waals surface area (Å²) in [6.45, 7) is 3.00. The number of pyridine rings is 1. The van der Waals surface area contributed by atoms with Gasteiger partial charge in [-0.15, -0.1) is 0 Å². The molecule has 5 rings (SSSR count). The molecule has 17 heteroatoms. The molecule has 0 bridgehead atoms. The lowest BCUT2D eigenvalue weighted by Crippen LogP contribution is -2.40. The van der Waals surface area contributed by atoms with Crippen LogP contribution in [0.15, 0.2) is 49.2 Å². The standard InChI is InChI=1S/C22H18F3N9O5/c1-10-7-12(30-38-10)8-33-19(36)15-17(32(3)21(33)37)26-9-34(15)11(2)18(35)28-14-6-4-5-13(27-14)16-29-20(39-31-16)22(23,24)25/h4-7,9,11H,8H2,1-3H3,(H,27,28,35)/t11-/m0/s1. The Kier molecular flexibility index (Phi) is 6.12. The normalized spacial score (nSPS) is 12.7. The zero-order valence-electron chi connectivity index (χ0n) is 20.4. The molecule has 0 unspecified atom stereocenters. The van der Waals surface area contributed by atoms with Crippen LogP contribution in [-0.4, -0.2) is 44.9 Å². The van der Waals surface area contributed by atoms with Crippen LogP contribution in [-0.2, 0) is 24.6 Å². The molecule has 39 heavy (non-hydrogen) atoms. The van der Waals surface area contributed by atoms with E-state index in [2.05, 4.69) is 35.1 Å². The van der Waals surface area contributed by atoms with Gasteiger partial charge in [-0.3, -0.25) is 18.7 Å². The molecular weight excluding hydrogens is 527 g/mol. The minimum absolute atomic E-state index is 0.00634. The Morgan fingerprint density at radius 1 is 1.15 bits per heavy atom. The highest BCUT2D eigenvalue weighted by molar-refractivity contribution is 5.93. The molecule has 0 aliphatic rings. The van der Waals surface area contributed by atoms with Crippen molar-refractivity contribution in [3.05, 3.63) is 68.8 Å². The Labute approximate surface area is 214 Å². The van der Waals surface area contributed by atoms with Crippen molar-refractivity contribution in [3.8, 4) is 11.5 Å². The largest absolute Gasteiger partial charge is 0.471 e. The Morgan fingerprint density at radius 3 is 2.59 bits per heavy atom. The van der Waals surface area contributed by atoms with Crippen LogP contribution in [0.3, 0.4) is 0 Å². The van der Waals surface area contributed by atoms with Crippen LogP contribution >= 0.6 is 0 Å². The van der Waals surface area contributed by atoms with Crippen molar-refractivity contribution < 1.29 is 27.0 Å². The Bertz CT molecular complexity index is 1830. The topological polar surface area (TPSA) is 169 Å². The van der Waals surface area contributed by atoms with Crippen molar-refractivity contribution in [1.29, 1.82) is 0 Å². The number of nitrogens with zero attached hydrogens (tertiary/aromatic N) is 8. The third-order valence-electron chi connectivity index (χ3n) is 5.75. The number of carbonyl (C=O) groups is 1. The first-order valence-electron chi connectivity index (χ1n) is 11.2. The summed E-state index contributed by atoms with van der Waals surface area (Å²) >= 11 is 0.